The maximum absolute atomic E-state index is 4.29. The number of hydrogen-bond acceptors (Lipinski definition) is 2. The Hall–Kier alpha value is 0.256. The normalized spacial score (nSPS) is 9.83. The Balaban J connectivity index is 0.000000720. The van der Waals surface area contributed by atoms with Gasteiger partial charge in [-0.15, -0.1) is 13.1 Å². The fourth-order valence-electron chi connectivity index (χ4n) is 1.08. The quantitative estimate of drug-likeness (QED) is 0.356. The molecule has 0 saturated heterocycles. The third-order valence-electron chi connectivity index (χ3n) is 1.61. The van der Waals surface area contributed by atoms with Crippen LogP contribution in [-0.4, -0.2) is 14.6 Å². The molecule has 0 unspecified atom stereocenters. The number of nitrogens with zero attached hydrogens (tertiary/aromatic N) is 3. The fourth-order valence-corrected chi connectivity index (χ4v) is 1.08. The van der Waals surface area contributed by atoms with Gasteiger partial charge in [-0.2, -0.15) is 5.56 Å². The molecule has 0 bridgehead atoms. The Kier molecular flexibility index (Phi) is 3.43. The molecule has 0 atom stereocenters. The van der Waals surface area contributed by atoms with Crippen LogP contribution in [0.1, 0.15) is 11.3 Å². The number of fused-ring (bicyclic) bond motifs is 1. The summed E-state index contributed by atoms with van der Waals surface area (Å²) in [6, 6.07) is 1.84. The van der Waals surface area contributed by atoms with Crippen LogP contribution in [0.25, 0.3) is 5.65 Å². The van der Waals surface area contributed by atoms with E-state index in [2.05, 4.69) is 16.3 Å². The van der Waals surface area contributed by atoms with Crippen LogP contribution in [-0.2, 0) is 0 Å². The molecule has 0 aliphatic heterocycles. The summed E-state index contributed by atoms with van der Waals surface area (Å²) in [7, 11) is 0. The molecule has 4 heteroatoms. The van der Waals surface area contributed by atoms with Crippen LogP contribution in [0, 0.1) is 20.0 Å². The van der Waals surface area contributed by atoms with Gasteiger partial charge in [0.15, 0.2) is 0 Å². The van der Waals surface area contributed by atoms with Crippen LogP contribution in [0.5, 0.6) is 0 Å². The van der Waals surface area contributed by atoms with E-state index in [4.69, 9.17) is 0 Å². The van der Waals surface area contributed by atoms with Crippen LogP contribution in [0.2, 0.25) is 0 Å². The van der Waals surface area contributed by atoms with E-state index in [0.717, 1.165) is 16.9 Å². The zero-order chi connectivity index (χ0) is 7.84. The van der Waals surface area contributed by atoms with Gasteiger partial charge >= 0.3 is 51.4 Å². The van der Waals surface area contributed by atoms with Crippen LogP contribution in [0.4, 0.5) is 0 Å². The molecule has 0 spiro atoms. The Bertz CT molecular complexity index is 394. The Labute approximate surface area is 114 Å². The van der Waals surface area contributed by atoms with Gasteiger partial charge in [-0.25, -0.2) is 6.07 Å². The summed E-state index contributed by atoms with van der Waals surface area (Å²) >= 11 is 0. The van der Waals surface area contributed by atoms with Crippen LogP contribution >= 0.6 is 0 Å². The van der Waals surface area contributed by atoms with Crippen molar-refractivity contribution in [3.05, 3.63) is 29.7 Å². The molecule has 0 aliphatic rings. The summed E-state index contributed by atoms with van der Waals surface area (Å²) in [5.74, 6) is 0. The Morgan fingerprint density at radius 1 is 1.42 bits per heavy atom. The fraction of sp³-hybridized carbons (Fsp3) is 0.250. The number of aryl methyl sites for hydroxylation is 2. The molecule has 0 radical (unpaired) electrons. The van der Waals surface area contributed by atoms with Gasteiger partial charge in [0.05, 0.1) is 11.3 Å². The second-order valence-electron chi connectivity index (χ2n) is 2.61. The Morgan fingerprint density at radius 3 is 2.83 bits per heavy atom. The van der Waals surface area contributed by atoms with Crippen molar-refractivity contribution < 1.29 is 51.4 Å². The first-order chi connectivity index (χ1) is 5.27. The second kappa shape index (κ2) is 3.98. The molecule has 2 rings (SSSR count). The van der Waals surface area contributed by atoms with E-state index >= 15 is 0 Å². The van der Waals surface area contributed by atoms with Crippen LogP contribution in [0.3, 0.4) is 0 Å². The third kappa shape index (κ3) is 1.77. The molecule has 12 heavy (non-hydrogen) atoms. The molecule has 0 N–H and O–H groups in total. The summed E-state index contributed by atoms with van der Waals surface area (Å²) in [5.41, 5.74) is 3.01. The average molecular weight is 185 g/mol. The average Bonchev–Trinajstić information content (AvgIpc) is 2.31. The topological polar surface area (TPSA) is 30.2 Å². The maximum atomic E-state index is 4.29. The summed E-state index contributed by atoms with van der Waals surface area (Å²) in [6.07, 6.45) is 4.68. The molecule has 2 heterocycles. The smallest absolute Gasteiger partial charge is 0.284 e. The largest absolute Gasteiger partial charge is 1.00 e. The predicted octanol–water partition coefficient (Wildman–Crippen LogP) is -1.85. The summed E-state index contributed by atoms with van der Waals surface area (Å²) < 4.78 is 1.74. The number of aromatic nitrogens is 3. The van der Waals surface area contributed by atoms with Gasteiger partial charge in [-0.05, 0) is 6.92 Å². The molecular formula is C8H8KN3. The first-order valence-electron chi connectivity index (χ1n) is 3.47. The molecule has 0 aromatic carbocycles. The second-order valence-corrected chi connectivity index (χ2v) is 2.61. The SMILES string of the molecule is Cc1cn2n[c-]cc(C)c2n1.[K+]. The number of hydrogen-bond donors (Lipinski definition) is 0. The molecule has 2 aromatic heterocycles. The molecule has 56 valence electrons. The van der Waals surface area contributed by atoms with Crippen molar-refractivity contribution in [2.45, 2.75) is 13.8 Å². The predicted molar refractivity (Wildman–Crippen MR) is 41.3 cm³/mol. The third-order valence-corrected chi connectivity index (χ3v) is 1.61. The Morgan fingerprint density at radius 2 is 2.17 bits per heavy atom. The van der Waals surface area contributed by atoms with Crippen molar-refractivity contribution >= 4 is 5.65 Å². The van der Waals surface area contributed by atoms with Gasteiger partial charge in [0.1, 0.15) is 0 Å². The monoisotopic (exact) mass is 185 g/mol. The zero-order valence-electron chi connectivity index (χ0n) is 7.50. The molecule has 0 amide bonds. The van der Waals surface area contributed by atoms with E-state index in [9.17, 15) is 0 Å². The van der Waals surface area contributed by atoms with E-state index in [0.29, 0.717) is 0 Å². The molecule has 2 aromatic rings. The van der Waals surface area contributed by atoms with Gasteiger partial charge in [-0.1, -0.05) is 0 Å². The minimum Gasteiger partial charge on any atom is -0.284 e. The summed E-state index contributed by atoms with van der Waals surface area (Å²) in [4.78, 5) is 4.29. The summed E-state index contributed by atoms with van der Waals surface area (Å²) in [5, 5.41) is 3.99. The molecule has 3 nitrogen and oxygen atoms in total. The first-order valence-corrected chi connectivity index (χ1v) is 3.47. The van der Waals surface area contributed by atoms with Gasteiger partial charge in [0, 0.05) is 6.20 Å². The molecule has 0 aliphatic carbocycles. The van der Waals surface area contributed by atoms with Crippen molar-refractivity contribution in [2.75, 3.05) is 0 Å². The van der Waals surface area contributed by atoms with E-state index in [-0.39, 0.29) is 51.4 Å². The van der Waals surface area contributed by atoms with Crippen LogP contribution < -0.4 is 51.4 Å². The van der Waals surface area contributed by atoms with E-state index < -0.39 is 0 Å². The minimum absolute atomic E-state index is 0. The maximum Gasteiger partial charge on any atom is 1.00 e. The molecular weight excluding hydrogens is 177 g/mol. The molecule has 0 fully saturated rings. The minimum atomic E-state index is 0. The van der Waals surface area contributed by atoms with Crippen molar-refractivity contribution in [3.8, 4) is 0 Å². The van der Waals surface area contributed by atoms with E-state index in [1.54, 1.807) is 4.52 Å². The summed E-state index contributed by atoms with van der Waals surface area (Å²) in [6.45, 7) is 3.95. The van der Waals surface area contributed by atoms with E-state index in [1.807, 2.05) is 26.1 Å². The van der Waals surface area contributed by atoms with Gasteiger partial charge in [0.25, 0.3) is 0 Å². The van der Waals surface area contributed by atoms with Gasteiger partial charge in [-0.3, -0.25) is 14.6 Å². The number of imidazole rings is 1. The van der Waals surface area contributed by atoms with Crippen molar-refractivity contribution in [1.29, 1.82) is 0 Å². The van der Waals surface area contributed by atoms with Crippen molar-refractivity contribution in [2.24, 2.45) is 0 Å². The van der Waals surface area contributed by atoms with Crippen molar-refractivity contribution in [3.63, 3.8) is 0 Å². The molecule has 0 saturated carbocycles. The van der Waals surface area contributed by atoms with E-state index in [1.165, 1.54) is 0 Å². The standard InChI is InChI=1S/C8H8N3.K/c1-6-3-4-9-11-5-7(2)10-8(6)11;/h3,5H,1-2H3;/q-1;+1. The number of rotatable bonds is 0. The zero-order valence-corrected chi connectivity index (χ0v) is 10.6. The first kappa shape index (κ1) is 10.3. The van der Waals surface area contributed by atoms with Gasteiger partial charge < -0.3 is 0 Å². The van der Waals surface area contributed by atoms with Crippen molar-refractivity contribution in [1.82, 2.24) is 14.6 Å². The van der Waals surface area contributed by atoms with Gasteiger partial charge in [0.2, 0.25) is 0 Å². The van der Waals surface area contributed by atoms with Crippen LogP contribution in [0.15, 0.2) is 12.3 Å².